The molecule has 1 atom stereocenters. The van der Waals surface area contributed by atoms with Crippen molar-refractivity contribution < 1.29 is 19.4 Å². The predicted molar refractivity (Wildman–Crippen MR) is 62.0 cm³/mol. The van der Waals surface area contributed by atoms with Crippen molar-refractivity contribution in [3.05, 3.63) is 48.2 Å². The van der Waals surface area contributed by atoms with Gasteiger partial charge in [0.25, 0.3) is 0 Å². The topological polar surface area (TPSA) is 55.8 Å². The lowest BCUT2D eigenvalue weighted by Gasteiger charge is -2.11. The molecule has 0 fully saturated rings. The summed E-state index contributed by atoms with van der Waals surface area (Å²) < 4.78 is 10.0. The molecule has 0 radical (unpaired) electrons. The van der Waals surface area contributed by atoms with E-state index in [1.807, 2.05) is 13.0 Å². The van der Waals surface area contributed by atoms with Crippen LogP contribution in [-0.2, 0) is 9.53 Å². The maximum Gasteiger partial charge on any atom is 0.333 e. The van der Waals surface area contributed by atoms with Crippen LogP contribution in [0.5, 0.6) is 5.75 Å². The summed E-state index contributed by atoms with van der Waals surface area (Å²) in [5.74, 6) is 0.0162. The van der Waals surface area contributed by atoms with Crippen molar-refractivity contribution in [1.82, 2.24) is 0 Å². The molecule has 1 aromatic carbocycles. The van der Waals surface area contributed by atoms with E-state index in [2.05, 4.69) is 4.74 Å². The molecule has 0 amide bonds. The zero-order valence-corrected chi connectivity index (χ0v) is 9.29. The molecule has 4 heteroatoms. The van der Waals surface area contributed by atoms with E-state index in [4.69, 9.17) is 4.74 Å². The normalized spacial score (nSPS) is 19.3. The Kier molecular flexibility index (Phi) is 3.25. The number of cyclic esters (lactones) is 1. The van der Waals surface area contributed by atoms with E-state index in [1.54, 1.807) is 24.3 Å². The Morgan fingerprint density at radius 2 is 2.18 bits per heavy atom. The molecule has 4 nitrogen and oxygen atoms in total. The van der Waals surface area contributed by atoms with Gasteiger partial charge in [-0.2, -0.15) is 0 Å². The minimum Gasteiger partial charge on any atom is -0.465 e. The van der Waals surface area contributed by atoms with Crippen LogP contribution in [0.3, 0.4) is 0 Å². The van der Waals surface area contributed by atoms with E-state index >= 15 is 0 Å². The molecule has 0 spiro atoms. The van der Waals surface area contributed by atoms with Crippen LogP contribution in [-0.4, -0.2) is 17.4 Å². The van der Waals surface area contributed by atoms with Crippen molar-refractivity contribution in [1.29, 1.82) is 0 Å². The number of hydrogen-bond acceptors (Lipinski definition) is 4. The number of allylic oxidation sites excluding steroid dienone is 1. The number of para-hydroxylation sites is 1. The first-order valence-corrected chi connectivity index (χ1v) is 5.20. The van der Waals surface area contributed by atoms with Crippen molar-refractivity contribution in [3.63, 3.8) is 0 Å². The number of hydrogen-bond donors (Lipinski definition) is 1. The highest BCUT2D eigenvalue weighted by molar-refractivity contribution is 5.97. The quantitative estimate of drug-likeness (QED) is 0.638. The average molecular weight is 232 g/mol. The lowest BCUT2D eigenvalue weighted by atomic mass is 10.1. The summed E-state index contributed by atoms with van der Waals surface area (Å²) in [6.07, 6.45) is 3.32. The molecular weight excluding hydrogens is 220 g/mol. The number of carbonyl (C=O) groups excluding carboxylic acids is 1. The standard InChI is InChI=1S/C13H12O4/c1-2-7-16-11-6-4-3-5-9(11)10-8-12(14)17-13(10)15/h2-8,13,15H,1H3. The molecule has 1 N–H and O–H groups in total. The first-order valence-electron chi connectivity index (χ1n) is 5.20. The zero-order valence-electron chi connectivity index (χ0n) is 9.29. The van der Waals surface area contributed by atoms with Crippen LogP contribution in [0.25, 0.3) is 5.57 Å². The van der Waals surface area contributed by atoms with Crippen molar-refractivity contribution in [3.8, 4) is 5.75 Å². The highest BCUT2D eigenvalue weighted by atomic mass is 16.6. The molecule has 0 saturated heterocycles. The number of aliphatic hydroxyl groups excluding tert-OH is 1. The molecule has 0 aliphatic carbocycles. The van der Waals surface area contributed by atoms with Crippen LogP contribution in [0.4, 0.5) is 0 Å². The summed E-state index contributed by atoms with van der Waals surface area (Å²) >= 11 is 0. The van der Waals surface area contributed by atoms with Crippen molar-refractivity contribution in [2.24, 2.45) is 0 Å². The third kappa shape index (κ3) is 2.37. The number of benzene rings is 1. The average Bonchev–Trinajstić information content (AvgIpc) is 2.66. The second-order valence-electron chi connectivity index (χ2n) is 3.47. The number of rotatable bonds is 3. The Morgan fingerprint density at radius 3 is 2.82 bits per heavy atom. The number of esters is 1. The SMILES string of the molecule is CC=COc1ccccc1C1=CC(=O)OC1O. The molecule has 0 bridgehead atoms. The molecule has 17 heavy (non-hydrogen) atoms. The summed E-state index contributed by atoms with van der Waals surface area (Å²) in [5.41, 5.74) is 1.05. The van der Waals surface area contributed by atoms with Crippen LogP contribution >= 0.6 is 0 Å². The molecule has 0 aromatic heterocycles. The fourth-order valence-electron chi connectivity index (χ4n) is 1.57. The summed E-state index contributed by atoms with van der Waals surface area (Å²) in [6, 6.07) is 7.13. The molecule has 2 rings (SSSR count). The fraction of sp³-hybridized carbons (Fsp3) is 0.154. The van der Waals surface area contributed by atoms with Gasteiger partial charge >= 0.3 is 5.97 Å². The third-order valence-electron chi connectivity index (χ3n) is 2.30. The molecule has 1 aliphatic heterocycles. The Balaban J connectivity index is 2.38. The summed E-state index contributed by atoms with van der Waals surface area (Å²) in [6.45, 7) is 1.83. The van der Waals surface area contributed by atoms with Gasteiger partial charge in [-0.3, -0.25) is 0 Å². The predicted octanol–water partition coefficient (Wildman–Crippen LogP) is 1.86. The van der Waals surface area contributed by atoms with Gasteiger partial charge in [-0.25, -0.2) is 4.79 Å². The molecular formula is C13H12O4. The van der Waals surface area contributed by atoms with E-state index in [9.17, 15) is 9.90 Å². The Hall–Kier alpha value is -2.07. The molecule has 1 aliphatic rings. The van der Waals surface area contributed by atoms with E-state index in [0.717, 1.165) is 0 Å². The Morgan fingerprint density at radius 1 is 1.41 bits per heavy atom. The van der Waals surface area contributed by atoms with Gasteiger partial charge in [-0.1, -0.05) is 24.3 Å². The summed E-state index contributed by atoms with van der Waals surface area (Å²) in [4.78, 5) is 11.0. The third-order valence-corrected chi connectivity index (χ3v) is 2.30. The van der Waals surface area contributed by atoms with Gasteiger partial charge in [0.2, 0.25) is 6.29 Å². The molecule has 1 aromatic rings. The van der Waals surface area contributed by atoms with Crippen molar-refractivity contribution in [2.45, 2.75) is 13.2 Å². The van der Waals surface area contributed by atoms with E-state index in [-0.39, 0.29) is 0 Å². The molecule has 88 valence electrons. The van der Waals surface area contributed by atoms with Crippen LogP contribution in [0, 0.1) is 0 Å². The molecule has 1 heterocycles. The number of ether oxygens (including phenoxy) is 2. The maximum absolute atomic E-state index is 11.0. The summed E-state index contributed by atoms with van der Waals surface area (Å²) in [7, 11) is 0. The summed E-state index contributed by atoms with van der Waals surface area (Å²) in [5, 5.41) is 9.58. The Labute approximate surface area is 98.8 Å². The second-order valence-corrected chi connectivity index (χ2v) is 3.47. The van der Waals surface area contributed by atoms with Crippen LogP contribution < -0.4 is 4.74 Å². The van der Waals surface area contributed by atoms with E-state index in [0.29, 0.717) is 16.9 Å². The van der Waals surface area contributed by atoms with Crippen molar-refractivity contribution >= 4 is 11.5 Å². The molecule has 0 saturated carbocycles. The Bertz CT molecular complexity index is 488. The molecule has 1 unspecified atom stereocenters. The number of carbonyl (C=O) groups is 1. The zero-order chi connectivity index (χ0) is 12.3. The number of aliphatic hydroxyl groups is 1. The second kappa shape index (κ2) is 4.84. The first kappa shape index (κ1) is 11.4. The smallest absolute Gasteiger partial charge is 0.333 e. The van der Waals surface area contributed by atoms with Crippen molar-refractivity contribution in [2.75, 3.05) is 0 Å². The minimum absolute atomic E-state index is 0.412. The van der Waals surface area contributed by atoms with Gasteiger partial charge in [0.05, 0.1) is 6.26 Å². The largest absolute Gasteiger partial charge is 0.465 e. The van der Waals surface area contributed by atoms with Gasteiger partial charge in [-0.05, 0) is 13.0 Å². The van der Waals surface area contributed by atoms with Gasteiger partial charge in [0, 0.05) is 17.2 Å². The maximum atomic E-state index is 11.0. The lowest BCUT2D eigenvalue weighted by Crippen LogP contribution is -2.09. The van der Waals surface area contributed by atoms with Crippen LogP contribution in [0.15, 0.2) is 42.7 Å². The highest BCUT2D eigenvalue weighted by Crippen LogP contribution is 2.31. The lowest BCUT2D eigenvalue weighted by molar-refractivity contribution is -0.149. The van der Waals surface area contributed by atoms with Gasteiger partial charge in [0.15, 0.2) is 0 Å². The van der Waals surface area contributed by atoms with Gasteiger partial charge in [-0.15, -0.1) is 0 Å². The van der Waals surface area contributed by atoms with E-state index < -0.39 is 12.3 Å². The highest BCUT2D eigenvalue weighted by Gasteiger charge is 2.26. The van der Waals surface area contributed by atoms with E-state index in [1.165, 1.54) is 12.3 Å². The fourth-order valence-corrected chi connectivity index (χ4v) is 1.57. The van der Waals surface area contributed by atoms with Crippen LogP contribution in [0.1, 0.15) is 12.5 Å². The minimum atomic E-state index is -1.22. The van der Waals surface area contributed by atoms with Gasteiger partial charge in [0.1, 0.15) is 5.75 Å². The van der Waals surface area contributed by atoms with Crippen LogP contribution in [0.2, 0.25) is 0 Å². The first-order chi connectivity index (χ1) is 8.22. The van der Waals surface area contributed by atoms with Gasteiger partial charge < -0.3 is 14.6 Å². The monoisotopic (exact) mass is 232 g/mol.